The molecule has 74 valence electrons. The van der Waals surface area contributed by atoms with Crippen molar-refractivity contribution in [2.75, 3.05) is 0 Å². The van der Waals surface area contributed by atoms with E-state index in [4.69, 9.17) is 5.73 Å². The normalized spacial score (nSPS) is 9.86. The molecular weight excluding hydrogens is 306 g/mol. The van der Waals surface area contributed by atoms with Crippen molar-refractivity contribution in [3.05, 3.63) is 37.2 Å². The number of amides is 1. The van der Waals surface area contributed by atoms with Crippen LogP contribution in [0.25, 0.3) is 0 Å². The number of nitrogens with zero attached hydrogens (tertiary/aromatic N) is 1. The minimum Gasteiger partial charge on any atom is -0.365 e. The fourth-order valence-electron chi connectivity index (χ4n) is 0.927. The SMILES string of the molecule is NC(=O)c1c([N+](=O)[O-])ccc(I)c1F. The van der Waals surface area contributed by atoms with Crippen molar-refractivity contribution in [1.29, 1.82) is 0 Å². The molecule has 1 amide bonds. The molecule has 7 heteroatoms. The van der Waals surface area contributed by atoms with Gasteiger partial charge in [-0.1, -0.05) is 0 Å². The quantitative estimate of drug-likeness (QED) is 0.509. The van der Waals surface area contributed by atoms with Crippen molar-refractivity contribution in [3.8, 4) is 0 Å². The van der Waals surface area contributed by atoms with Crippen molar-refractivity contribution in [2.45, 2.75) is 0 Å². The Bertz CT molecular complexity index is 422. The van der Waals surface area contributed by atoms with E-state index in [1.807, 2.05) is 0 Å². The van der Waals surface area contributed by atoms with Crippen molar-refractivity contribution >= 4 is 34.2 Å². The van der Waals surface area contributed by atoms with Crippen molar-refractivity contribution < 1.29 is 14.1 Å². The van der Waals surface area contributed by atoms with Crippen molar-refractivity contribution in [1.82, 2.24) is 0 Å². The zero-order valence-corrected chi connectivity index (χ0v) is 8.82. The van der Waals surface area contributed by atoms with E-state index in [2.05, 4.69) is 0 Å². The van der Waals surface area contributed by atoms with E-state index in [0.29, 0.717) is 0 Å². The van der Waals surface area contributed by atoms with Gasteiger partial charge in [-0.3, -0.25) is 14.9 Å². The van der Waals surface area contributed by atoms with Crippen LogP contribution in [0.15, 0.2) is 12.1 Å². The Morgan fingerprint density at radius 1 is 1.57 bits per heavy atom. The molecule has 5 nitrogen and oxygen atoms in total. The van der Waals surface area contributed by atoms with Crippen LogP contribution < -0.4 is 5.73 Å². The summed E-state index contributed by atoms with van der Waals surface area (Å²) in [6.45, 7) is 0. The number of hydrogen-bond donors (Lipinski definition) is 1. The van der Waals surface area contributed by atoms with Crippen molar-refractivity contribution in [2.24, 2.45) is 5.73 Å². The van der Waals surface area contributed by atoms with Crippen LogP contribution in [0.1, 0.15) is 10.4 Å². The van der Waals surface area contributed by atoms with E-state index < -0.39 is 27.9 Å². The van der Waals surface area contributed by atoms with Gasteiger partial charge in [0, 0.05) is 6.07 Å². The highest BCUT2D eigenvalue weighted by Crippen LogP contribution is 2.24. The summed E-state index contributed by atoms with van der Waals surface area (Å²) in [5.74, 6) is -2.10. The molecule has 0 saturated heterocycles. The highest BCUT2D eigenvalue weighted by molar-refractivity contribution is 14.1. The molecule has 0 fully saturated rings. The van der Waals surface area contributed by atoms with Gasteiger partial charge in [0.1, 0.15) is 0 Å². The summed E-state index contributed by atoms with van der Waals surface area (Å²) in [5, 5.41) is 10.4. The van der Waals surface area contributed by atoms with Gasteiger partial charge >= 0.3 is 0 Å². The number of nitrogens with two attached hydrogens (primary N) is 1. The van der Waals surface area contributed by atoms with Gasteiger partial charge in [0.15, 0.2) is 11.4 Å². The molecule has 14 heavy (non-hydrogen) atoms. The summed E-state index contributed by atoms with van der Waals surface area (Å²) >= 11 is 1.62. The molecule has 0 aliphatic rings. The van der Waals surface area contributed by atoms with Gasteiger partial charge in [0.05, 0.1) is 8.49 Å². The lowest BCUT2D eigenvalue weighted by atomic mass is 10.1. The Morgan fingerprint density at radius 3 is 2.57 bits per heavy atom. The molecule has 0 aromatic heterocycles. The molecule has 1 rings (SSSR count). The predicted molar refractivity (Wildman–Crippen MR) is 54.3 cm³/mol. The van der Waals surface area contributed by atoms with Crippen LogP contribution in [0.4, 0.5) is 10.1 Å². The van der Waals surface area contributed by atoms with Crippen LogP contribution in [0.5, 0.6) is 0 Å². The molecule has 0 bridgehead atoms. The molecule has 0 atom stereocenters. The minimum atomic E-state index is -1.15. The van der Waals surface area contributed by atoms with Crippen LogP contribution in [-0.4, -0.2) is 10.8 Å². The summed E-state index contributed by atoms with van der Waals surface area (Å²) in [5.41, 5.74) is 3.54. The first kappa shape index (κ1) is 10.8. The molecule has 0 unspecified atom stereocenters. The second-order valence-corrected chi connectivity index (χ2v) is 3.54. The van der Waals surface area contributed by atoms with Crippen LogP contribution in [-0.2, 0) is 0 Å². The largest absolute Gasteiger partial charge is 0.365 e. The van der Waals surface area contributed by atoms with E-state index in [9.17, 15) is 19.3 Å². The highest BCUT2D eigenvalue weighted by Gasteiger charge is 2.24. The van der Waals surface area contributed by atoms with Crippen molar-refractivity contribution in [3.63, 3.8) is 0 Å². The summed E-state index contributed by atoms with van der Waals surface area (Å²) in [7, 11) is 0. The Labute approximate surface area is 91.4 Å². The summed E-state index contributed by atoms with van der Waals surface area (Å²) < 4.78 is 13.4. The van der Waals surface area contributed by atoms with Crippen LogP contribution in [0, 0.1) is 19.5 Å². The number of benzene rings is 1. The van der Waals surface area contributed by atoms with Gasteiger partial charge in [-0.15, -0.1) is 0 Å². The first-order valence-corrected chi connectivity index (χ1v) is 4.45. The lowest BCUT2D eigenvalue weighted by molar-refractivity contribution is -0.385. The number of primary amides is 1. The molecule has 0 aliphatic carbocycles. The monoisotopic (exact) mass is 310 g/mol. The summed E-state index contributed by atoms with van der Waals surface area (Å²) in [6, 6.07) is 2.26. The molecule has 1 aromatic rings. The smallest absolute Gasteiger partial charge is 0.285 e. The minimum absolute atomic E-state index is 0.113. The average Bonchev–Trinajstić information content (AvgIpc) is 2.08. The molecule has 2 N–H and O–H groups in total. The van der Waals surface area contributed by atoms with Gasteiger partial charge in [-0.05, 0) is 28.7 Å². The fourth-order valence-corrected chi connectivity index (χ4v) is 1.38. The third-order valence-corrected chi connectivity index (χ3v) is 2.35. The lowest BCUT2D eigenvalue weighted by Gasteiger charge is -2.01. The molecule has 0 heterocycles. The number of nitro benzene ring substituents is 1. The van der Waals surface area contributed by atoms with Gasteiger partial charge < -0.3 is 5.73 Å². The number of rotatable bonds is 2. The molecule has 0 radical (unpaired) electrons. The van der Waals surface area contributed by atoms with E-state index in [0.717, 1.165) is 6.07 Å². The standard InChI is InChI=1S/C7H4FIN2O3/c8-6-3(9)1-2-4(11(13)14)5(6)7(10)12/h1-2H,(H2,10,12). The number of carbonyl (C=O) groups excluding carboxylic acids is 1. The Balaban J connectivity index is 3.53. The third-order valence-electron chi connectivity index (χ3n) is 1.52. The summed E-state index contributed by atoms with van der Waals surface area (Å²) in [6.07, 6.45) is 0. The van der Waals surface area contributed by atoms with E-state index in [1.165, 1.54) is 6.07 Å². The predicted octanol–water partition coefficient (Wildman–Crippen LogP) is 1.44. The first-order chi connectivity index (χ1) is 6.45. The fraction of sp³-hybridized carbons (Fsp3) is 0. The first-order valence-electron chi connectivity index (χ1n) is 3.37. The average molecular weight is 310 g/mol. The zero-order chi connectivity index (χ0) is 10.9. The Kier molecular flexibility index (Phi) is 2.99. The number of carbonyl (C=O) groups is 1. The maximum Gasteiger partial charge on any atom is 0.285 e. The van der Waals surface area contributed by atoms with E-state index >= 15 is 0 Å². The summed E-state index contributed by atoms with van der Waals surface area (Å²) in [4.78, 5) is 20.3. The Morgan fingerprint density at radius 2 is 2.14 bits per heavy atom. The maximum atomic E-state index is 13.3. The molecule has 0 saturated carbocycles. The maximum absolute atomic E-state index is 13.3. The highest BCUT2D eigenvalue weighted by atomic mass is 127. The lowest BCUT2D eigenvalue weighted by Crippen LogP contribution is -2.16. The molecule has 0 aliphatic heterocycles. The number of nitro groups is 1. The Hall–Kier alpha value is -1.25. The van der Waals surface area contributed by atoms with Crippen LogP contribution in [0.2, 0.25) is 0 Å². The number of hydrogen-bond acceptors (Lipinski definition) is 3. The second-order valence-electron chi connectivity index (χ2n) is 2.38. The second kappa shape index (κ2) is 3.86. The molecular formula is C7H4FIN2O3. The third kappa shape index (κ3) is 1.81. The van der Waals surface area contributed by atoms with Gasteiger partial charge in [-0.25, -0.2) is 4.39 Å². The molecule has 1 aromatic carbocycles. The van der Waals surface area contributed by atoms with Gasteiger partial charge in [-0.2, -0.15) is 0 Å². The van der Waals surface area contributed by atoms with Crippen LogP contribution >= 0.6 is 22.6 Å². The molecule has 0 spiro atoms. The van der Waals surface area contributed by atoms with Gasteiger partial charge in [0.2, 0.25) is 0 Å². The topological polar surface area (TPSA) is 86.2 Å². The van der Waals surface area contributed by atoms with E-state index in [-0.39, 0.29) is 3.57 Å². The zero-order valence-electron chi connectivity index (χ0n) is 6.66. The van der Waals surface area contributed by atoms with Gasteiger partial charge in [0.25, 0.3) is 11.6 Å². The number of halogens is 2. The van der Waals surface area contributed by atoms with E-state index in [1.54, 1.807) is 22.6 Å². The van der Waals surface area contributed by atoms with Crippen LogP contribution in [0.3, 0.4) is 0 Å².